The summed E-state index contributed by atoms with van der Waals surface area (Å²) in [6.45, 7) is 6.86. The Balaban J connectivity index is 1.62. The molecule has 2 aliphatic heterocycles. The van der Waals surface area contributed by atoms with E-state index in [9.17, 15) is 0 Å². The molecule has 0 bridgehead atoms. The van der Waals surface area contributed by atoms with Crippen molar-refractivity contribution in [3.8, 4) is 0 Å². The molecule has 0 unspecified atom stereocenters. The van der Waals surface area contributed by atoms with Crippen molar-refractivity contribution in [3.05, 3.63) is 53.1 Å². The average Bonchev–Trinajstić information content (AvgIpc) is 3.19. The maximum Gasteiger partial charge on any atom is 0.160 e. The van der Waals surface area contributed by atoms with Crippen molar-refractivity contribution in [2.45, 2.75) is 64.2 Å². The van der Waals surface area contributed by atoms with E-state index >= 15 is 0 Å². The standard InChI is InChI=1S/C21H26N4S/c1-4-15-12-26-21-23-19(18-7-5-6-10-22-18)20(25(15)21)17-11-13(2)24(14(17)3)16-8-9-16/h5-7,10-11,15-16,19-20H,4,8-9,12H2,1-3H3/t15-,19-,20+/m0/s1. The summed E-state index contributed by atoms with van der Waals surface area (Å²) in [5.41, 5.74) is 5.36. The highest BCUT2D eigenvalue weighted by Gasteiger charge is 2.46. The molecule has 0 spiro atoms. The number of aryl methyl sites for hydroxylation is 1. The number of nitrogens with zero attached hydrogens (tertiary/aromatic N) is 4. The minimum Gasteiger partial charge on any atom is -0.346 e. The fourth-order valence-corrected chi connectivity index (χ4v) is 6.02. The molecule has 4 heterocycles. The molecule has 3 atom stereocenters. The van der Waals surface area contributed by atoms with Crippen molar-refractivity contribution < 1.29 is 0 Å². The molecule has 2 aromatic rings. The van der Waals surface area contributed by atoms with Gasteiger partial charge < -0.3 is 9.47 Å². The van der Waals surface area contributed by atoms with Crippen LogP contribution in [0.4, 0.5) is 0 Å². The topological polar surface area (TPSA) is 33.4 Å². The lowest BCUT2D eigenvalue weighted by atomic mass is 9.95. The van der Waals surface area contributed by atoms with E-state index in [2.05, 4.69) is 53.4 Å². The summed E-state index contributed by atoms with van der Waals surface area (Å²) in [4.78, 5) is 12.4. The monoisotopic (exact) mass is 366 g/mol. The maximum absolute atomic E-state index is 5.15. The first-order valence-electron chi connectivity index (χ1n) is 9.77. The molecule has 5 rings (SSSR count). The molecule has 1 saturated heterocycles. The first-order valence-corrected chi connectivity index (χ1v) is 10.8. The quantitative estimate of drug-likeness (QED) is 0.778. The maximum atomic E-state index is 5.15. The molecule has 4 nitrogen and oxygen atoms in total. The van der Waals surface area contributed by atoms with Crippen LogP contribution in [0.25, 0.3) is 0 Å². The summed E-state index contributed by atoms with van der Waals surface area (Å²) in [7, 11) is 0. The third kappa shape index (κ3) is 2.43. The van der Waals surface area contributed by atoms with Gasteiger partial charge in [-0.1, -0.05) is 24.8 Å². The Bertz CT molecular complexity index is 852. The lowest BCUT2D eigenvalue weighted by Gasteiger charge is -2.32. The Morgan fingerprint density at radius 2 is 2.08 bits per heavy atom. The predicted molar refractivity (Wildman–Crippen MR) is 108 cm³/mol. The normalized spacial score (nSPS) is 27.7. The van der Waals surface area contributed by atoms with Gasteiger partial charge in [0.25, 0.3) is 0 Å². The van der Waals surface area contributed by atoms with E-state index in [0.717, 1.165) is 11.4 Å². The summed E-state index contributed by atoms with van der Waals surface area (Å²) in [6.07, 6.45) is 5.71. The number of aliphatic imine (C=N–C) groups is 1. The average molecular weight is 367 g/mol. The van der Waals surface area contributed by atoms with Crippen LogP contribution in [-0.4, -0.2) is 31.4 Å². The molecule has 0 radical (unpaired) electrons. The molecule has 2 aromatic heterocycles. The van der Waals surface area contributed by atoms with Crippen LogP contribution in [0.1, 0.15) is 67.0 Å². The third-order valence-corrected chi connectivity index (χ3v) is 7.21. The van der Waals surface area contributed by atoms with Gasteiger partial charge in [-0.3, -0.25) is 9.98 Å². The number of amidine groups is 1. The van der Waals surface area contributed by atoms with Crippen LogP contribution in [-0.2, 0) is 0 Å². The Morgan fingerprint density at radius 1 is 1.23 bits per heavy atom. The lowest BCUT2D eigenvalue weighted by molar-refractivity contribution is 0.254. The van der Waals surface area contributed by atoms with Crippen LogP contribution in [0.2, 0.25) is 0 Å². The summed E-state index contributed by atoms with van der Waals surface area (Å²) in [6, 6.07) is 10.3. The molecule has 3 aliphatic rings. The first-order chi connectivity index (χ1) is 12.7. The van der Waals surface area contributed by atoms with Crippen molar-refractivity contribution in [3.63, 3.8) is 0 Å². The van der Waals surface area contributed by atoms with E-state index in [0.29, 0.717) is 12.1 Å². The molecule has 1 saturated carbocycles. The van der Waals surface area contributed by atoms with Gasteiger partial charge in [0.1, 0.15) is 6.04 Å². The van der Waals surface area contributed by atoms with Crippen molar-refractivity contribution in [2.24, 2.45) is 4.99 Å². The Hall–Kier alpha value is -1.75. The van der Waals surface area contributed by atoms with E-state index in [1.165, 1.54) is 41.4 Å². The summed E-state index contributed by atoms with van der Waals surface area (Å²) >= 11 is 1.92. The van der Waals surface area contributed by atoms with Crippen LogP contribution >= 0.6 is 11.8 Å². The number of aromatic nitrogens is 2. The van der Waals surface area contributed by atoms with Gasteiger partial charge in [-0.15, -0.1) is 0 Å². The number of hydrogen-bond acceptors (Lipinski definition) is 4. The SMILES string of the molecule is CC[C@H]1CSC2=N[C@@H](c3ccccn3)[C@@H](c3cc(C)n(C4CC4)c3C)N21. The van der Waals surface area contributed by atoms with Gasteiger partial charge in [0, 0.05) is 35.4 Å². The second-order valence-electron chi connectivity index (χ2n) is 7.76. The van der Waals surface area contributed by atoms with Gasteiger partial charge in [-0.2, -0.15) is 0 Å². The summed E-state index contributed by atoms with van der Waals surface area (Å²) in [5, 5.41) is 1.22. The summed E-state index contributed by atoms with van der Waals surface area (Å²) < 4.78 is 2.56. The van der Waals surface area contributed by atoms with Crippen LogP contribution in [0.15, 0.2) is 35.5 Å². The molecule has 5 heteroatoms. The van der Waals surface area contributed by atoms with Gasteiger partial charge in [0.05, 0.1) is 11.7 Å². The number of pyridine rings is 1. The molecule has 0 amide bonds. The molecule has 0 aromatic carbocycles. The highest BCUT2D eigenvalue weighted by Crippen LogP contribution is 2.50. The highest BCUT2D eigenvalue weighted by molar-refractivity contribution is 8.14. The second kappa shape index (κ2) is 6.15. The van der Waals surface area contributed by atoms with Gasteiger partial charge in [0.2, 0.25) is 0 Å². The second-order valence-corrected chi connectivity index (χ2v) is 8.75. The van der Waals surface area contributed by atoms with E-state index in [1.807, 2.05) is 24.0 Å². The molecular formula is C21H26N4S. The van der Waals surface area contributed by atoms with Crippen molar-refractivity contribution in [1.82, 2.24) is 14.5 Å². The molecule has 136 valence electrons. The van der Waals surface area contributed by atoms with Crippen molar-refractivity contribution in [2.75, 3.05) is 5.75 Å². The number of fused-ring (bicyclic) bond motifs is 1. The molecule has 0 N–H and O–H groups in total. The minimum absolute atomic E-state index is 0.0983. The van der Waals surface area contributed by atoms with Crippen molar-refractivity contribution >= 4 is 16.9 Å². The fourth-order valence-electron chi connectivity index (χ4n) is 4.68. The number of rotatable bonds is 4. The van der Waals surface area contributed by atoms with Gasteiger partial charge in [0.15, 0.2) is 5.17 Å². The third-order valence-electron chi connectivity index (χ3n) is 6.08. The number of thioether (sulfide) groups is 1. The minimum atomic E-state index is 0.0983. The number of hydrogen-bond donors (Lipinski definition) is 0. The van der Waals surface area contributed by atoms with Crippen LogP contribution in [0.3, 0.4) is 0 Å². The van der Waals surface area contributed by atoms with Gasteiger partial charge in [-0.05, 0) is 56.9 Å². The zero-order valence-corrected chi connectivity index (χ0v) is 16.5. The Labute approximate surface area is 159 Å². The molecule has 2 fully saturated rings. The lowest BCUT2D eigenvalue weighted by Crippen LogP contribution is -2.35. The zero-order valence-electron chi connectivity index (χ0n) is 15.7. The van der Waals surface area contributed by atoms with Gasteiger partial charge in [-0.25, -0.2) is 0 Å². The molecule has 1 aliphatic carbocycles. The molecule has 26 heavy (non-hydrogen) atoms. The van der Waals surface area contributed by atoms with Crippen LogP contribution in [0.5, 0.6) is 0 Å². The highest BCUT2D eigenvalue weighted by atomic mass is 32.2. The van der Waals surface area contributed by atoms with E-state index in [-0.39, 0.29) is 12.1 Å². The largest absolute Gasteiger partial charge is 0.346 e. The summed E-state index contributed by atoms with van der Waals surface area (Å²) in [5.74, 6) is 1.15. The van der Waals surface area contributed by atoms with Crippen LogP contribution in [0, 0.1) is 13.8 Å². The smallest absolute Gasteiger partial charge is 0.160 e. The van der Waals surface area contributed by atoms with E-state index < -0.39 is 0 Å². The Morgan fingerprint density at radius 3 is 2.77 bits per heavy atom. The predicted octanol–water partition coefficient (Wildman–Crippen LogP) is 4.81. The van der Waals surface area contributed by atoms with Crippen LogP contribution < -0.4 is 0 Å². The van der Waals surface area contributed by atoms with E-state index in [4.69, 9.17) is 4.99 Å². The van der Waals surface area contributed by atoms with Crippen molar-refractivity contribution in [1.29, 1.82) is 0 Å². The van der Waals surface area contributed by atoms with E-state index in [1.54, 1.807) is 0 Å². The zero-order chi connectivity index (χ0) is 17.8. The fraction of sp³-hybridized carbons (Fsp3) is 0.524. The molecular weight excluding hydrogens is 340 g/mol. The first kappa shape index (κ1) is 16.4. The Kier molecular flexibility index (Phi) is 3.89. The van der Waals surface area contributed by atoms with Gasteiger partial charge >= 0.3 is 0 Å².